The van der Waals surface area contributed by atoms with Crippen LogP contribution in [-0.4, -0.2) is 28.0 Å². The van der Waals surface area contributed by atoms with Gasteiger partial charge in [0.05, 0.1) is 23.2 Å². The summed E-state index contributed by atoms with van der Waals surface area (Å²) in [5, 5.41) is 5.66. The summed E-state index contributed by atoms with van der Waals surface area (Å²) in [5.74, 6) is 1.63. The molecule has 0 saturated heterocycles. The van der Waals surface area contributed by atoms with Crippen LogP contribution in [0.3, 0.4) is 0 Å². The van der Waals surface area contributed by atoms with Crippen LogP contribution in [0.15, 0.2) is 29.1 Å². The van der Waals surface area contributed by atoms with E-state index in [1.54, 1.807) is 0 Å². The van der Waals surface area contributed by atoms with E-state index in [-0.39, 0.29) is 22.8 Å². The number of anilines is 1. The summed E-state index contributed by atoms with van der Waals surface area (Å²) in [6.45, 7) is 6.71. The topological polar surface area (TPSA) is 76.1 Å². The number of nitrogens with zero attached hydrogens (tertiary/aromatic N) is 1. The van der Waals surface area contributed by atoms with Gasteiger partial charge in [0.1, 0.15) is 11.6 Å². The van der Waals surface area contributed by atoms with Gasteiger partial charge in [-0.15, -0.1) is 11.8 Å². The van der Waals surface area contributed by atoms with Gasteiger partial charge in [0.25, 0.3) is 5.56 Å². The number of nitrogens with one attached hydrogen (secondary N) is 2. The quantitative estimate of drug-likeness (QED) is 0.807. The monoisotopic (exact) mass is 375 g/mol. The molecule has 0 aliphatic carbocycles. The molecule has 3 rings (SSSR count). The van der Waals surface area contributed by atoms with Gasteiger partial charge in [-0.1, -0.05) is 25.5 Å². The lowest BCUT2D eigenvalue weighted by atomic mass is 10.1. The maximum absolute atomic E-state index is 12.7. The first-order chi connectivity index (χ1) is 12.5. The molecule has 0 saturated carbocycles. The Balaban J connectivity index is 2.04. The summed E-state index contributed by atoms with van der Waals surface area (Å²) in [6.07, 6.45) is 1.93. The fourth-order valence-corrected chi connectivity index (χ4v) is 4.42. The zero-order valence-electron chi connectivity index (χ0n) is 15.4. The average Bonchev–Trinajstić information content (AvgIpc) is 2.83. The molecule has 6 nitrogen and oxygen atoms in total. The lowest BCUT2D eigenvalue weighted by Gasteiger charge is -2.17. The van der Waals surface area contributed by atoms with Crippen LogP contribution >= 0.6 is 11.8 Å². The van der Waals surface area contributed by atoms with Crippen LogP contribution in [0.4, 0.5) is 5.82 Å². The number of hydrogen-bond acceptors (Lipinski definition) is 4. The molecule has 1 aromatic heterocycles. The van der Waals surface area contributed by atoms with Crippen molar-refractivity contribution in [1.29, 1.82) is 0 Å². The molecule has 140 valence electrons. The summed E-state index contributed by atoms with van der Waals surface area (Å²) in [5.41, 5.74) is 1.46. The third-order valence-electron chi connectivity index (χ3n) is 4.50. The van der Waals surface area contributed by atoms with Crippen LogP contribution in [0.1, 0.15) is 56.0 Å². The van der Waals surface area contributed by atoms with Crippen molar-refractivity contribution in [1.82, 2.24) is 9.78 Å². The van der Waals surface area contributed by atoms with Crippen LogP contribution in [0.25, 0.3) is 0 Å². The van der Waals surface area contributed by atoms with Gasteiger partial charge in [-0.2, -0.15) is 0 Å². The van der Waals surface area contributed by atoms with Gasteiger partial charge in [-0.3, -0.25) is 19.4 Å². The molecule has 1 aliphatic rings. The molecule has 0 bridgehead atoms. The molecule has 0 radical (unpaired) electrons. The summed E-state index contributed by atoms with van der Waals surface area (Å²) < 4.78 is 7.31. The standard InChI is InChI=1S/C19H25N3O3S/c1-4-6-12(3)22-18-16(19(24)21-22)17(26-11-15(23)20-18)13-7-9-14(10-8-13)25-5-2/h7-10,12,17H,4-6,11H2,1-3H3,(H,20,23)(H,21,24). The lowest BCUT2D eigenvalue weighted by Crippen LogP contribution is -2.18. The molecule has 1 aliphatic heterocycles. The van der Waals surface area contributed by atoms with E-state index in [4.69, 9.17) is 4.74 Å². The highest BCUT2D eigenvalue weighted by Gasteiger charge is 2.31. The molecular formula is C19H25N3O3S. The highest BCUT2D eigenvalue weighted by Crippen LogP contribution is 2.40. The van der Waals surface area contributed by atoms with Gasteiger partial charge in [-0.05, 0) is 38.0 Å². The van der Waals surface area contributed by atoms with Crippen molar-refractivity contribution in [3.05, 3.63) is 45.7 Å². The zero-order chi connectivity index (χ0) is 18.7. The van der Waals surface area contributed by atoms with Crippen LogP contribution in [0.2, 0.25) is 0 Å². The molecule has 26 heavy (non-hydrogen) atoms. The Hall–Kier alpha value is -2.15. The van der Waals surface area contributed by atoms with Crippen molar-refractivity contribution >= 4 is 23.5 Å². The van der Waals surface area contributed by atoms with Crippen molar-refractivity contribution in [3.8, 4) is 5.75 Å². The fourth-order valence-electron chi connectivity index (χ4n) is 3.29. The minimum absolute atomic E-state index is 0.0823. The van der Waals surface area contributed by atoms with Gasteiger partial charge < -0.3 is 10.1 Å². The van der Waals surface area contributed by atoms with E-state index in [2.05, 4.69) is 24.3 Å². The van der Waals surface area contributed by atoms with Gasteiger partial charge in [0.15, 0.2) is 0 Å². The van der Waals surface area contributed by atoms with E-state index in [1.807, 2.05) is 35.9 Å². The third kappa shape index (κ3) is 3.67. The number of aromatic amines is 1. The summed E-state index contributed by atoms with van der Waals surface area (Å²) in [4.78, 5) is 25.0. The first-order valence-electron chi connectivity index (χ1n) is 9.03. The number of benzene rings is 1. The highest BCUT2D eigenvalue weighted by atomic mass is 32.2. The Morgan fingerprint density at radius 2 is 2.00 bits per heavy atom. The molecule has 2 unspecified atom stereocenters. The first-order valence-corrected chi connectivity index (χ1v) is 10.1. The average molecular weight is 375 g/mol. The molecule has 0 fully saturated rings. The Morgan fingerprint density at radius 1 is 1.27 bits per heavy atom. The van der Waals surface area contributed by atoms with Crippen LogP contribution in [0.5, 0.6) is 5.75 Å². The van der Waals surface area contributed by atoms with Crippen molar-refractivity contribution < 1.29 is 9.53 Å². The van der Waals surface area contributed by atoms with E-state index in [1.165, 1.54) is 11.8 Å². The maximum atomic E-state index is 12.7. The predicted molar refractivity (Wildman–Crippen MR) is 105 cm³/mol. The van der Waals surface area contributed by atoms with Crippen molar-refractivity contribution in [2.75, 3.05) is 17.7 Å². The van der Waals surface area contributed by atoms with Crippen LogP contribution in [0, 0.1) is 0 Å². The summed E-state index contributed by atoms with van der Waals surface area (Å²) in [6, 6.07) is 7.86. The van der Waals surface area contributed by atoms with Crippen LogP contribution < -0.4 is 15.6 Å². The minimum Gasteiger partial charge on any atom is -0.494 e. The van der Waals surface area contributed by atoms with Gasteiger partial charge in [0.2, 0.25) is 5.91 Å². The zero-order valence-corrected chi connectivity index (χ0v) is 16.2. The van der Waals surface area contributed by atoms with Crippen molar-refractivity contribution in [3.63, 3.8) is 0 Å². The summed E-state index contributed by atoms with van der Waals surface area (Å²) in [7, 11) is 0. The molecule has 2 atom stereocenters. The smallest absolute Gasteiger partial charge is 0.270 e. The molecule has 2 aromatic rings. The third-order valence-corrected chi connectivity index (χ3v) is 5.77. The number of H-pyrrole nitrogens is 1. The number of carbonyl (C=O) groups is 1. The Morgan fingerprint density at radius 3 is 2.65 bits per heavy atom. The van der Waals surface area contributed by atoms with Gasteiger partial charge in [0, 0.05) is 6.04 Å². The molecule has 7 heteroatoms. The largest absolute Gasteiger partial charge is 0.494 e. The number of ether oxygens (including phenoxy) is 1. The van der Waals surface area contributed by atoms with Crippen molar-refractivity contribution in [2.24, 2.45) is 0 Å². The molecular weight excluding hydrogens is 350 g/mol. The Bertz CT molecular complexity index is 826. The fraction of sp³-hybridized carbons (Fsp3) is 0.474. The SMILES string of the molecule is CCCC(C)n1[nH]c(=O)c2c1NC(=O)CSC2c1ccc(OCC)cc1. The first kappa shape index (κ1) is 18.6. The van der Waals surface area contributed by atoms with E-state index < -0.39 is 0 Å². The normalized spacial score (nSPS) is 18.0. The van der Waals surface area contributed by atoms with E-state index in [0.717, 1.165) is 24.2 Å². The second-order valence-corrected chi connectivity index (χ2v) is 7.55. The molecule has 0 spiro atoms. The number of aromatic nitrogens is 2. The number of thioether (sulfide) groups is 1. The number of rotatable bonds is 6. The number of hydrogen-bond donors (Lipinski definition) is 2. The number of carbonyl (C=O) groups excluding carboxylic acids is 1. The second-order valence-electron chi connectivity index (χ2n) is 6.45. The second kappa shape index (κ2) is 8.03. The van der Waals surface area contributed by atoms with Crippen LogP contribution in [-0.2, 0) is 4.79 Å². The number of fused-ring (bicyclic) bond motifs is 1. The molecule has 2 N–H and O–H groups in total. The summed E-state index contributed by atoms with van der Waals surface area (Å²) >= 11 is 1.47. The molecule has 1 amide bonds. The molecule has 1 aromatic carbocycles. The minimum atomic E-state index is -0.196. The Kier molecular flexibility index (Phi) is 5.76. The molecule has 2 heterocycles. The van der Waals surface area contributed by atoms with Crippen molar-refractivity contribution in [2.45, 2.75) is 44.9 Å². The number of amides is 1. The van der Waals surface area contributed by atoms with E-state index in [0.29, 0.717) is 23.7 Å². The van der Waals surface area contributed by atoms with E-state index >= 15 is 0 Å². The predicted octanol–water partition coefficient (Wildman–Crippen LogP) is 3.71. The van der Waals surface area contributed by atoms with Gasteiger partial charge >= 0.3 is 0 Å². The Labute approximate surface area is 157 Å². The highest BCUT2D eigenvalue weighted by molar-refractivity contribution is 8.00. The lowest BCUT2D eigenvalue weighted by molar-refractivity contribution is -0.113. The van der Waals surface area contributed by atoms with Gasteiger partial charge in [-0.25, -0.2) is 0 Å². The maximum Gasteiger partial charge on any atom is 0.270 e. The van der Waals surface area contributed by atoms with E-state index in [9.17, 15) is 9.59 Å².